The number of rotatable bonds is 2. The minimum Gasteiger partial charge on any atom is -0.311 e. The van der Waals surface area contributed by atoms with Gasteiger partial charge in [-0.2, -0.15) is 0 Å². The number of nitrogens with one attached hydrogen (secondary N) is 1. The summed E-state index contributed by atoms with van der Waals surface area (Å²) < 4.78 is 0. The van der Waals surface area contributed by atoms with Crippen LogP contribution in [0.25, 0.3) is 0 Å². The van der Waals surface area contributed by atoms with Crippen LogP contribution in [0.2, 0.25) is 0 Å². The lowest BCUT2D eigenvalue weighted by Gasteiger charge is -2.41. The highest BCUT2D eigenvalue weighted by atomic mass is 15.3. The standard InChI is InChI=1S/C16H25N3/c1-3-18-6-8-19(9-7-18)16-12-17-11-14-5-4-13(2)10-15(14)16/h4-5,10,16-17H,3,6-9,11-12H2,1-2H3/t16-/m0/s1. The summed E-state index contributed by atoms with van der Waals surface area (Å²) in [7, 11) is 0. The van der Waals surface area contributed by atoms with Gasteiger partial charge in [0.2, 0.25) is 0 Å². The molecule has 0 aliphatic carbocycles. The monoisotopic (exact) mass is 259 g/mol. The maximum atomic E-state index is 3.58. The summed E-state index contributed by atoms with van der Waals surface area (Å²) >= 11 is 0. The molecule has 0 radical (unpaired) electrons. The zero-order valence-corrected chi connectivity index (χ0v) is 12.2. The zero-order valence-electron chi connectivity index (χ0n) is 12.2. The number of fused-ring (bicyclic) bond motifs is 1. The summed E-state index contributed by atoms with van der Waals surface area (Å²) in [6.07, 6.45) is 0. The van der Waals surface area contributed by atoms with Crippen molar-refractivity contribution in [2.45, 2.75) is 26.4 Å². The van der Waals surface area contributed by atoms with E-state index in [1.165, 1.54) is 43.9 Å². The molecule has 1 aromatic rings. The number of aryl methyl sites for hydroxylation is 1. The third-order valence-electron chi connectivity index (χ3n) is 4.61. The van der Waals surface area contributed by atoms with Gasteiger partial charge in [-0.1, -0.05) is 30.7 Å². The molecular formula is C16H25N3. The fourth-order valence-electron chi connectivity index (χ4n) is 3.36. The number of hydrogen-bond donors (Lipinski definition) is 1. The summed E-state index contributed by atoms with van der Waals surface area (Å²) in [4.78, 5) is 5.21. The van der Waals surface area contributed by atoms with Crippen LogP contribution in [0.4, 0.5) is 0 Å². The number of hydrogen-bond acceptors (Lipinski definition) is 3. The minimum atomic E-state index is 0.572. The second kappa shape index (κ2) is 5.61. The van der Waals surface area contributed by atoms with E-state index in [1.807, 2.05) is 0 Å². The van der Waals surface area contributed by atoms with E-state index in [2.05, 4.69) is 47.2 Å². The van der Waals surface area contributed by atoms with Crippen molar-refractivity contribution in [2.24, 2.45) is 0 Å². The summed E-state index contributed by atoms with van der Waals surface area (Å²) in [5, 5.41) is 3.58. The lowest BCUT2D eigenvalue weighted by molar-refractivity contribution is 0.0949. The quantitative estimate of drug-likeness (QED) is 0.873. The predicted molar refractivity (Wildman–Crippen MR) is 79.3 cm³/mol. The number of likely N-dealkylation sites (N-methyl/N-ethyl adjacent to an activating group) is 1. The molecular weight excluding hydrogens is 234 g/mol. The molecule has 3 heteroatoms. The van der Waals surface area contributed by atoms with E-state index in [0.29, 0.717) is 6.04 Å². The third kappa shape index (κ3) is 2.69. The molecule has 1 N–H and O–H groups in total. The molecule has 0 spiro atoms. The second-order valence-electron chi connectivity index (χ2n) is 5.82. The van der Waals surface area contributed by atoms with Gasteiger partial charge >= 0.3 is 0 Å². The molecule has 104 valence electrons. The second-order valence-corrected chi connectivity index (χ2v) is 5.82. The molecule has 3 nitrogen and oxygen atoms in total. The zero-order chi connectivity index (χ0) is 13.2. The van der Waals surface area contributed by atoms with Crippen molar-refractivity contribution in [3.8, 4) is 0 Å². The average Bonchev–Trinajstić information content (AvgIpc) is 2.47. The van der Waals surface area contributed by atoms with E-state index in [1.54, 1.807) is 5.56 Å². The Hall–Kier alpha value is -0.900. The van der Waals surface area contributed by atoms with Gasteiger partial charge in [0.05, 0.1) is 0 Å². The fraction of sp³-hybridized carbons (Fsp3) is 0.625. The maximum Gasteiger partial charge on any atom is 0.0477 e. The van der Waals surface area contributed by atoms with Gasteiger partial charge in [0.25, 0.3) is 0 Å². The smallest absolute Gasteiger partial charge is 0.0477 e. The highest BCUT2D eigenvalue weighted by molar-refractivity contribution is 5.36. The van der Waals surface area contributed by atoms with Gasteiger partial charge in [0.15, 0.2) is 0 Å². The molecule has 0 saturated carbocycles. The van der Waals surface area contributed by atoms with Crippen LogP contribution in [0.15, 0.2) is 18.2 Å². The molecule has 1 atom stereocenters. The van der Waals surface area contributed by atoms with Crippen molar-refractivity contribution in [2.75, 3.05) is 39.3 Å². The maximum absolute atomic E-state index is 3.58. The van der Waals surface area contributed by atoms with Crippen molar-refractivity contribution in [3.63, 3.8) is 0 Å². The van der Waals surface area contributed by atoms with Crippen LogP contribution in [0.3, 0.4) is 0 Å². The Balaban J connectivity index is 1.78. The summed E-state index contributed by atoms with van der Waals surface area (Å²) in [6, 6.07) is 7.50. The van der Waals surface area contributed by atoms with Crippen molar-refractivity contribution in [1.82, 2.24) is 15.1 Å². The van der Waals surface area contributed by atoms with Gasteiger partial charge < -0.3 is 10.2 Å². The van der Waals surface area contributed by atoms with Crippen LogP contribution >= 0.6 is 0 Å². The highest BCUT2D eigenvalue weighted by Crippen LogP contribution is 2.28. The van der Waals surface area contributed by atoms with E-state index < -0.39 is 0 Å². The first-order valence-corrected chi connectivity index (χ1v) is 7.54. The molecule has 3 rings (SSSR count). The third-order valence-corrected chi connectivity index (χ3v) is 4.61. The van der Waals surface area contributed by atoms with Gasteiger partial charge in [-0.05, 0) is 24.6 Å². The van der Waals surface area contributed by atoms with Crippen molar-refractivity contribution < 1.29 is 0 Å². The van der Waals surface area contributed by atoms with Crippen LogP contribution in [0.5, 0.6) is 0 Å². The van der Waals surface area contributed by atoms with Crippen LogP contribution in [-0.2, 0) is 6.54 Å². The van der Waals surface area contributed by atoms with Gasteiger partial charge in [-0.15, -0.1) is 0 Å². The molecule has 2 heterocycles. The lowest BCUT2D eigenvalue weighted by atomic mass is 9.93. The minimum absolute atomic E-state index is 0.572. The first-order valence-electron chi connectivity index (χ1n) is 7.54. The first kappa shape index (κ1) is 13.1. The molecule has 2 aliphatic heterocycles. The van der Waals surface area contributed by atoms with Gasteiger partial charge in [0, 0.05) is 45.3 Å². The summed E-state index contributed by atoms with van der Waals surface area (Å²) in [5.74, 6) is 0. The molecule has 19 heavy (non-hydrogen) atoms. The SMILES string of the molecule is CCN1CCN([C@H]2CNCc3ccc(C)cc32)CC1. The molecule has 0 bridgehead atoms. The largest absolute Gasteiger partial charge is 0.311 e. The normalized spacial score (nSPS) is 25.3. The molecule has 1 saturated heterocycles. The van der Waals surface area contributed by atoms with E-state index in [9.17, 15) is 0 Å². The Morgan fingerprint density at radius 3 is 2.74 bits per heavy atom. The van der Waals surface area contributed by atoms with E-state index in [4.69, 9.17) is 0 Å². The number of benzene rings is 1. The van der Waals surface area contributed by atoms with Crippen LogP contribution in [0.1, 0.15) is 29.7 Å². The number of nitrogens with zero attached hydrogens (tertiary/aromatic N) is 2. The number of piperazine rings is 1. The van der Waals surface area contributed by atoms with E-state index >= 15 is 0 Å². The predicted octanol–water partition coefficient (Wildman–Crippen LogP) is 1.78. The van der Waals surface area contributed by atoms with Gasteiger partial charge in [-0.25, -0.2) is 0 Å². The molecule has 1 fully saturated rings. The summed E-state index contributed by atoms with van der Waals surface area (Å²) in [5.41, 5.74) is 4.43. The Morgan fingerprint density at radius 2 is 2.00 bits per heavy atom. The summed E-state index contributed by atoms with van der Waals surface area (Å²) in [6.45, 7) is 12.6. The van der Waals surface area contributed by atoms with Crippen molar-refractivity contribution >= 4 is 0 Å². The van der Waals surface area contributed by atoms with Crippen LogP contribution in [0, 0.1) is 6.92 Å². The van der Waals surface area contributed by atoms with Gasteiger partial charge in [-0.3, -0.25) is 4.90 Å². The van der Waals surface area contributed by atoms with Crippen LogP contribution in [-0.4, -0.2) is 49.1 Å². The van der Waals surface area contributed by atoms with E-state index in [-0.39, 0.29) is 0 Å². The topological polar surface area (TPSA) is 18.5 Å². The Labute approximate surface area is 116 Å². The van der Waals surface area contributed by atoms with E-state index in [0.717, 1.165) is 13.1 Å². The van der Waals surface area contributed by atoms with Crippen molar-refractivity contribution in [3.05, 3.63) is 34.9 Å². The molecule has 2 aliphatic rings. The lowest BCUT2D eigenvalue weighted by Crippen LogP contribution is -2.50. The highest BCUT2D eigenvalue weighted by Gasteiger charge is 2.28. The average molecular weight is 259 g/mol. The Kier molecular flexibility index (Phi) is 3.87. The Bertz CT molecular complexity index is 436. The molecule has 0 aromatic heterocycles. The first-order chi connectivity index (χ1) is 9.28. The van der Waals surface area contributed by atoms with Crippen LogP contribution < -0.4 is 5.32 Å². The Morgan fingerprint density at radius 1 is 1.21 bits per heavy atom. The van der Waals surface area contributed by atoms with Gasteiger partial charge in [0.1, 0.15) is 0 Å². The molecule has 1 aromatic carbocycles. The molecule has 0 unspecified atom stereocenters. The fourth-order valence-corrected chi connectivity index (χ4v) is 3.36. The molecule has 0 amide bonds. The van der Waals surface area contributed by atoms with Crippen molar-refractivity contribution in [1.29, 1.82) is 0 Å².